The van der Waals surface area contributed by atoms with Crippen LogP contribution in [0.2, 0.25) is 0 Å². The van der Waals surface area contributed by atoms with Gasteiger partial charge >= 0.3 is 0 Å². The summed E-state index contributed by atoms with van der Waals surface area (Å²) in [5.41, 5.74) is 5.48. The van der Waals surface area contributed by atoms with Crippen molar-refractivity contribution < 1.29 is 5.11 Å². The molecule has 0 radical (unpaired) electrons. The van der Waals surface area contributed by atoms with Crippen molar-refractivity contribution in [2.24, 2.45) is 5.73 Å². The SMILES string of the molecule is N[C@@H]1CCC=CC1O. The van der Waals surface area contributed by atoms with Gasteiger partial charge in [-0.05, 0) is 12.8 Å². The predicted molar refractivity (Wildman–Crippen MR) is 32.4 cm³/mol. The molecule has 0 bridgehead atoms. The zero-order valence-electron chi connectivity index (χ0n) is 4.75. The summed E-state index contributed by atoms with van der Waals surface area (Å²) in [6.45, 7) is 0. The summed E-state index contributed by atoms with van der Waals surface area (Å²) in [5, 5.41) is 8.97. The molecular formula is C6H11NO. The minimum absolute atomic E-state index is 0.0278. The second-order valence-electron chi connectivity index (χ2n) is 2.16. The number of hydrogen-bond donors (Lipinski definition) is 2. The molecule has 0 saturated heterocycles. The first-order valence-corrected chi connectivity index (χ1v) is 2.91. The van der Waals surface area contributed by atoms with Crippen LogP contribution < -0.4 is 5.73 Å². The van der Waals surface area contributed by atoms with Gasteiger partial charge in [0.1, 0.15) is 0 Å². The molecular weight excluding hydrogens is 102 g/mol. The number of allylic oxidation sites excluding steroid dienone is 1. The quantitative estimate of drug-likeness (QED) is 0.435. The van der Waals surface area contributed by atoms with E-state index in [4.69, 9.17) is 10.8 Å². The maximum Gasteiger partial charge on any atom is 0.0871 e. The van der Waals surface area contributed by atoms with Gasteiger partial charge in [0.05, 0.1) is 6.10 Å². The van der Waals surface area contributed by atoms with Gasteiger partial charge in [-0.1, -0.05) is 12.2 Å². The van der Waals surface area contributed by atoms with Crippen LogP contribution in [0.15, 0.2) is 12.2 Å². The molecule has 8 heavy (non-hydrogen) atoms. The van der Waals surface area contributed by atoms with Gasteiger partial charge in [-0.3, -0.25) is 0 Å². The average Bonchev–Trinajstić information content (AvgIpc) is 1.77. The van der Waals surface area contributed by atoms with Crippen LogP contribution in [-0.4, -0.2) is 17.3 Å². The Morgan fingerprint density at radius 1 is 1.62 bits per heavy atom. The van der Waals surface area contributed by atoms with Crippen molar-refractivity contribution in [3.8, 4) is 0 Å². The standard InChI is InChI=1S/C6H11NO/c7-5-3-1-2-4-6(5)8/h2,4-6,8H,1,3,7H2/t5-,6?/m1/s1. The van der Waals surface area contributed by atoms with Gasteiger partial charge < -0.3 is 10.8 Å². The summed E-state index contributed by atoms with van der Waals surface area (Å²) < 4.78 is 0. The molecule has 46 valence electrons. The Morgan fingerprint density at radius 3 is 2.75 bits per heavy atom. The van der Waals surface area contributed by atoms with Gasteiger partial charge in [0, 0.05) is 6.04 Å². The lowest BCUT2D eigenvalue weighted by Gasteiger charge is -2.17. The van der Waals surface area contributed by atoms with E-state index in [9.17, 15) is 0 Å². The molecule has 0 saturated carbocycles. The number of rotatable bonds is 0. The number of aliphatic hydroxyl groups is 1. The average molecular weight is 113 g/mol. The fourth-order valence-corrected chi connectivity index (χ4v) is 0.838. The Morgan fingerprint density at radius 2 is 2.38 bits per heavy atom. The van der Waals surface area contributed by atoms with E-state index in [2.05, 4.69) is 0 Å². The van der Waals surface area contributed by atoms with Gasteiger partial charge in [0.25, 0.3) is 0 Å². The molecule has 1 rings (SSSR count). The molecule has 0 aliphatic heterocycles. The Labute approximate surface area is 49.0 Å². The molecule has 0 amide bonds. The molecule has 0 spiro atoms. The first-order valence-electron chi connectivity index (χ1n) is 2.91. The highest BCUT2D eigenvalue weighted by Gasteiger charge is 2.12. The lowest BCUT2D eigenvalue weighted by molar-refractivity contribution is 0.181. The molecule has 0 aromatic heterocycles. The smallest absolute Gasteiger partial charge is 0.0871 e. The molecule has 2 heteroatoms. The second kappa shape index (κ2) is 2.29. The van der Waals surface area contributed by atoms with Crippen LogP contribution in [0.25, 0.3) is 0 Å². The van der Waals surface area contributed by atoms with E-state index in [0.29, 0.717) is 0 Å². The minimum Gasteiger partial charge on any atom is -0.387 e. The van der Waals surface area contributed by atoms with Crippen LogP contribution in [0.1, 0.15) is 12.8 Å². The molecule has 0 fully saturated rings. The zero-order valence-corrected chi connectivity index (χ0v) is 4.75. The van der Waals surface area contributed by atoms with Crippen LogP contribution in [0, 0.1) is 0 Å². The number of hydrogen-bond acceptors (Lipinski definition) is 2. The summed E-state index contributed by atoms with van der Waals surface area (Å²) in [4.78, 5) is 0. The van der Waals surface area contributed by atoms with Crippen molar-refractivity contribution in [3.05, 3.63) is 12.2 Å². The van der Waals surface area contributed by atoms with Crippen molar-refractivity contribution in [2.45, 2.75) is 25.0 Å². The van der Waals surface area contributed by atoms with E-state index < -0.39 is 6.10 Å². The van der Waals surface area contributed by atoms with E-state index in [1.807, 2.05) is 6.08 Å². The highest BCUT2D eigenvalue weighted by molar-refractivity contribution is 4.99. The van der Waals surface area contributed by atoms with Crippen molar-refractivity contribution in [3.63, 3.8) is 0 Å². The third kappa shape index (κ3) is 1.08. The summed E-state index contributed by atoms with van der Waals surface area (Å²) in [6, 6.07) is -0.0278. The lowest BCUT2D eigenvalue weighted by Crippen LogP contribution is -2.34. The topological polar surface area (TPSA) is 46.2 Å². The van der Waals surface area contributed by atoms with Crippen molar-refractivity contribution in [1.82, 2.24) is 0 Å². The minimum atomic E-state index is -0.399. The van der Waals surface area contributed by atoms with E-state index in [-0.39, 0.29) is 6.04 Å². The largest absolute Gasteiger partial charge is 0.387 e. The van der Waals surface area contributed by atoms with Gasteiger partial charge in [0.15, 0.2) is 0 Å². The third-order valence-electron chi connectivity index (χ3n) is 1.44. The summed E-state index contributed by atoms with van der Waals surface area (Å²) in [7, 11) is 0. The lowest BCUT2D eigenvalue weighted by atomic mass is 10.0. The summed E-state index contributed by atoms with van der Waals surface area (Å²) >= 11 is 0. The van der Waals surface area contributed by atoms with Crippen molar-refractivity contribution in [2.75, 3.05) is 0 Å². The second-order valence-corrected chi connectivity index (χ2v) is 2.16. The van der Waals surface area contributed by atoms with Gasteiger partial charge in [-0.2, -0.15) is 0 Å². The van der Waals surface area contributed by atoms with Gasteiger partial charge in [-0.15, -0.1) is 0 Å². The monoisotopic (exact) mass is 113 g/mol. The van der Waals surface area contributed by atoms with E-state index >= 15 is 0 Å². The molecule has 0 aromatic rings. The fourth-order valence-electron chi connectivity index (χ4n) is 0.838. The molecule has 0 heterocycles. The van der Waals surface area contributed by atoms with Crippen LogP contribution in [-0.2, 0) is 0 Å². The van der Waals surface area contributed by atoms with Gasteiger partial charge in [-0.25, -0.2) is 0 Å². The fraction of sp³-hybridized carbons (Fsp3) is 0.667. The van der Waals surface area contributed by atoms with E-state index in [1.54, 1.807) is 6.08 Å². The van der Waals surface area contributed by atoms with Crippen LogP contribution in [0.5, 0.6) is 0 Å². The number of nitrogens with two attached hydrogens (primary N) is 1. The summed E-state index contributed by atoms with van der Waals surface area (Å²) in [6.07, 6.45) is 5.25. The zero-order chi connectivity index (χ0) is 5.98. The normalized spacial score (nSPS) is 37.8. The first kappa shape index (κ1) is 5.79. The molecule has 0 aromatic carbocycles. The van der Waals surface area contributed by atoms with Crippen LogP contribution in [0.4, 0.5) is 0 Å². The first-order chi connectivity index (χ1) is 3.80. The Bertz CT molecular complexity index is 101. The molecule has 2 nitrogen and oxygen atoms in total. The molecule has 1 aliphatic rings. The Hall–Kier alpha value is -0.340. The van der Waals surface area contributed by atoms with Crippen LogP contribution in [0.3, 0.4) is 0 Å². The summed E-state index contributed by atoms with van der Waals surface area (Å²) in [5.74, 6) is 0. The van der Waals surface area contributed by atoms with Gasteiger partial charge in [0.2, 0.25) is 0 Å². The van der Waals surface area contributed by atoms with Crippen molar-refractivity contribution >= 4 is 0 Å². The molecule has 3 N–H and O–H groups in total. The highest BCUT2D eigenvalue weighted by Crippen LogP contribution is 2.08. The maximum absolute atomic E-state index is 8.97. The Kier molecular flexibility index (Phi) is 1.65. The number of aliphatic hydroxyl groups excluding tert-OH is 1. The molecule has 1 aliphatic carbocycles. The third-order valence-corrected chi connectivity index (χ3v) is 1.44. The maximum atomic E-state index is 8.97. The molecule has 1 unspecified atom stereocenters. The van der Waals surface area contributed by atoms with E-state index in [0.717, 1.165) is 12.8 Å². The highest BCUT2D eigenvalue weighted by atomic mass is 16.3. The van der Waals surface area contributed by atoms with Crippen molar-refractivity contribution in [1.29, 1.82) is 0 Å². The Balaban J connectivity index is 2.47. The predicted octanol–water partition coefficient (Wildman–Crippen LogP) is 0.0246. The molecule has 2 atom stereocenters. The van der Waals surface area contributed by atoms with E-state index in [1.165, 1.54) is 0 Å². The van der Waals surface area contributed by atoms with Crippen LogP contribution >= 0.6 is 0 Å².